The van der Waals surface area contributed by atoms with Crippen LogP contribution in [0.25, 0.3) is 98.1 Å². The van der Waals surface area contributed by atoms with Crippen LogP contribution >= 0.6 is 0 Å². The molecule has 0 saturated carbocycles. The van der Waals surface area contributed by atoms with Crippen LogP contribution in [0.15, 0.2) is 162 Å². The fraction of sp³-hybridized carbons (Fsp3) is 0. The highest BCUT2D eigenvalue weighted by Gasteiger charge is 2.22. The van der Waals surface area contributed by atoms with Crippen LogP contribution in [0.5, 0.6) is 0 Å². The Balaban J connectivity index is 1.62. The van der Waals surface area contributed by atoms with Crippen LogP contribution in [0.1, 0.15) is 35.6 Å². The number of hydrogen-bond acceptors (Lipinski definition) is 1. The minimum absolute atomic E-state index is 0.450. The smallest absolute Gasteiger partial charge is 0.143 e. The van der Waals surface area contributed by atoms with E-state index in [2.05, 4.69) is 0 Å². The highest BCUT2D eigenvalue weighted by atomic mass is 16.3. The Bertz CT molecular complexity index is 4210. The zero-order valence-corrected chi connectivity index (χ0v) is 22.4. The predicted molar refractivity (Wildman–Crippen MR) is 192 cm³/mol. The molecule has 0 aliphatic heterocycles. The molecular formula is C44H26O. The van der Waals surface area contributed by atoms with Gasteiger partial charge in [-0.1, -0.05) is 139 Å². The van der Waals surface area contributed by atoms with Crippen molar-refractivity contribution >= 4 is 75.8 Å². The molecule has 0 spiro atoms. The highest BCUT2D eigenvalue weighted by Crippen LogP contribution is 2.49. The maximum atomic E-state index is 9.83. The summed E-state index contributed by atoms with van der Waals surface area (Å²) in [5.74, 6) is 0. The van der Waals surface area contributed by atoms with Crippen LogP contribution < -0.4 is 0 Å². The molecule has 1 heteroatoms. The third kappa shape index (κ3) is 3.44. The summed E-state index contributed by atoms with van der Waals surface area (Å²) >= 11 is 0. The molecule has 0 amide bonds. The molecule has 0 aliphatic carbocycles. The van der Waals surface area contributed by atoms with Gasteiger partial charge in [0.25, 0.3) is 0 Å². The molecule has 0 aliphatic rings. The second-order valence-electron chi connectivity index (χ2n) is 10.0. The second kappa shape index (κ2) is 9.29. The van der Waals surface area contributed by atoms with Gasteiger partial charge in [-0.05, 0) is 88.9 Å². The average molecular weight is 597 g/mol. The predicted octanol–water partition coefficient (Wildman–Crippen LogP) is 12.7. The summed E-state index contributed by atoms with van der Waals surface area (Å²) in [6.07, 6.45) is 0. The number of furan rings is 1. The van der Waals surface area contributed by atoms with Gasteiger partial charge >= 0.3 is 0 Å². The third-order valence-corrected chi connectivity index (χ3v) is 7.75. The van der Waals surface area contributed by atoms with Crippen molar-refractivity contribution in [3.05, 3.63) is 157 Å². The summed E-state index contributed by atoms with van der Waals surface area (Å²) in [6, 6.07) is -23.2. The first-order valence-electron chi connectivity index (χ1n) is 26.4. The van der Waals surface area contributed by atoms with Crippen molar-refractivity contribution in [2.24, 2.45) is 0 Å². The Morgan fingerprint density at radius 3 is 1.58 bits per heavy atom. The molecule has 0 unspecified atom stereocenters. The molecule has 10 rings (SSSR count). The molecule has 0 N–H and O–H groups in total. The standard InChI is InChI=1S/C44H26O/c1-4-15-30-27(12-1)24-25-38-43-37(22-11-23-40(43)45-44(30)38)41-33-18-7-9-20-35(33)42(36-21-10-8-19-34(36)41)39-26-28-13-2-3-14-29(28)31-16-5-6-17-32(31)39/h1-26H/i1D,2D,3D,4D,5D,6D,7D,8D,9D,10D,11D,12D,13D,14D,15D,16D,17D,18D,19D,20D,21D,22D,23D,24D,25D,26D. The summed E-state index contributed by atoms with van der Waals surface area (Å²) in [6.45, 7) is 0. The number of fused-ring (bicyclic) bond motifs is 10. The summed E-state index contributed by atoms with van der Waals surface area (Å²) in [5, 5.41) is -7.22. The van der Waals surface area contributed by atoms with Crippen LogP contribution in [-0.2, 0) is 0 Å². The van der Waals surface area contributed by atoms with Crippen LogP contribution in [0.2, 0.25) is 0 Å². The molecule has 0 saturated heterocycles. The van der Waals surface area contributed by atoms with Gasteiger partial charge in [-0.15, -0.1) is 0 Å². The van der Waals surface area contributed by atoms with Gasteiger partial charge in [0.2, 0.25) is 0 Å². The number of rotatable bonds is 2. The van der Waals surface area contributed by atoms with Gasteiger partial charge in [-0.25, -0.2) is 0 Å². The van der Waals surface area contributed by atoms with E-state index in [-0.39, 0.29) is 0 Å². The third-order valence-electron chi connectivity index (χ3n) is 7.75. The van der Waals surface area contributed by atoms with E-state index in [0.29, 0.717) is 0 Å². The molecule has 1 heterocycles. The molecule has 45 heavy (non-hydrogen) atoms. The Hall–Kier alpha value is -5.92. The van der Waals surface area contributed by atoms with E-state index in [4.69, 9.17) is 29.1 Å². The molecule has 9 aromatic carbocycles. The van der Waals surface area contributed by atoms with Crippen molar-refractivity contribution in [3.63, 3.8) is 0 Å². The number of hydrogen-bond donors (Lipinski definition) is 0. The van der Waals surface area contributed by atoms with Crippen molar-refractivity contribution in [2.45, 2.75) is 0 Å². The molecule has 1 aromatic heterocycles. The van der Waals surface area contributed by atoms with Crippen LogP contribution in [0.4, 0.5) is 0 Å². The SMILES string of the molecule is [2H]c1c([2H])c(-c2c3c([2H])c([2H])c([2H])c([2H])c3c(-c3c([2H])c4c([2H])c([2H])c([2H])c([2H])c4c4c([2H])c([2H])c([2H])c([2H])c34)c3c([2H])c([2H])c([2H])c([2H])c23)c2c(oc3c4c([2H])c([2H])c([2H])c([2H])c4c([2H])c([2H])c32)c1[2H]. The van der Waals surface area contributed by atoms with E-state index >= 15 is 0 Å². The molecular weight excluding hydrogens is 544 g/mol. The van der Waals surface area contributed by atoms with E-state index in [9.17, 15) is 11.0 Å². The van der Waals surface area contributed by atoms with Crippen LogP contribution in [0.3, 0.4) is 0 Å². The highest BCUT2D eigenvalue weighted by molar-refractivity contribution is 6.29. The second-order valence-corrected chi connectivity index (χ2v) is 10.0. The van der Waals surface area contributed by atoms with E-state index < -0.39 is 255 Å². The normalized spacial score (nSPS) is 20.1. The number of benzene rings is 9. The van der Waals surface area contributed by atoms with E-state index in [0.717, 1.165) is 0 Å². The van der Waals surface area contributed by atoms with Crippen molar-refractivity contribution < 1.29 is 40.1 Å². The largest absolute Gasteiger partial charge is 0.455 e. The lowest BCUT2D eigenvalue weighted by Gasteiger charge is -2.20. The lowest BCUT2D eigenvalue weighted by Crippen LogP contribution is -1.92. The zero-order chi connectivity index (χ0) is 52.1. The van der Waals surface area contributed by atoms with Gasteiger partial charge in [0.15, 0.2) is 0 Å². The lowest BCUT2D eigenvalue weighted by atomic mass is 9.83. The molecule has 1 nitrogen and oxygen atoms in total. The molecule has 208 valence electrons. The Kier molecular flexibility index (Phi) is 2.13. The van der Waals surface area contributed by atoms with Crippen molar-refractivity contribution in [3.8, 4) is 22.3 Å². The fourth-order valence-electron chi connectivity index (χ4n) is 5.94. The molecule has 0 bridgehead atoms. The summed E-state index contributed by atoms with van der Waals surface area (Å²) < 4.78 is 241. The average Bonchev–Trinajstić information content (AvgIpc) is 3.74. The van der Waals surface area contributed by atoms with Gasteiger partial charge in [0, 0.05) is 16.2 Å². The molecule has 0 radical (unpaired) electrons. The molecule has 0 fully saturated rings. The first-order valence-corrected chi connectivity index (χ1v) is 13.4. The first-order chi connectivity index (χ1) is 33.2. The van der Waals surface area contributed by atoms with Crippen LogP contribution in [-0.4, -0.2) is 0 Å². The topological polar surface area (TPSA) is 13.1 Å². The first kappa shape index (κ1) is 10.3. The maximum absolute atomic E-state index is 9.83. The lowest BCUT2D eigenvalue weighted by molar-refractivity contribution is 0.673. The fourth-order valence-corrected chi connectivity index (χ4v) is 5.94. The molecule has 0 atom stereocenters. The Morgan fingerprint density at radius 1 is 0.356 bits per heavy atom. The Labute approximate surface area is 296 Å². The monoisotopic (exact) mass is 596 g/mol. The van der Waals surface area contributed by atoms with Gasteiger partial charge in [-0.2, -0.15) is 0 Å². The van der Waals surface area contributed by atoms with E-state index in [1.54, 1.807) is 0 Å². The van der Waals surface area contributed by atoms with Gasteiger partial charge in [-0.3, -0.25) is 0 Å². The van der Waals surface area contributed by atoms with Gasteiger partial charge in [0.1, 0.15) is 11.2 Å². The van der Waals surface area contributed by atoms with Gasteiger partial charge < -0.3 is 4.42 Å². The summed E-state index contributed by atoms with van der Waals surface area (Å²) in [7, 11) is 0. The zero-order valence-electron chi connectivity index (χ0n) is 48.4. The van der Waals surface area contributed by atoms with Crippen molar-refractivity contribution in [2.75, 3.05) is 0 Å². The summed E-state index contributed by atoms with van der Waals surface area (Å²) in [4.78, 5) is 0. The minimum Gasteiger partial charge on any atom is -0.455 e. The van der Waals surface area contributed by atoms with E-state index in [1.807, 2.05) is 0 Å². The van der Waals surface area contributed by atoms with Crippen LogP contribution in [0, 0.1) is 0 Å². The van der Waals surface area contributed by atoms with Crippen molar-refractivity contribution in [1.29, 1.82) is 0 Å². The quantitative estimate of drug-likeness (QED) is 0.143. The summed E-state index contributed by atoms with van der Waals surface area (Å²) in [5.41, 5.74) is -3.94. The van der Waals surface area contributed by atoms with Crippen molar-refractivity contribution in [1.82, 2.24) is 0 Å². The maximum Gasteiger partial charge on any atom is 0.143 e. The van der Waals surface area contributed by atoms with Gasteiger partial charge in [0.05, 0.1) is 35.6 Å². The Morgan fingerprint density at radius 2 is 0.889 bits per heavy atom. The molecule has 10 aromatic rings. The minimum atomic E-state index is -0.991. The van der Waals surface area contributed by atoms with E-state index in [1.165, 1.54) is 0 Å².